The topological polar surface area (TPSA) is 55.1 Å². The van der Waals surface area contributed by atoms with Gasteiger partial charge in [0.05, 0.1) is 21.3 Å². The van der Waals surface area contributed by atoms with Crippen molar-refractivity contribution < 1.29 is 27.5 Å². The van der Waals surface area contributed by atoms with Crippen molar-refractivity contribution >= 4 is 44.7 Å². The number of imidazole rings is 1. The van der Waals surface area contributed by atoms with Gasteiger partial charge in [-0.05, 0) is 22.0 Å². The molecule has 1 aromatic heterocycles. The lowest BCUT2D eigenvalue weighted by Crippen LogP contribution is -2.18. The van der Waals surface area contributed by atoms with Gasteiger partial charge in [0.2, 0.25) is 0 Å². The van der Waals surface area contributed by atoms with E-state index in [1.165, 1.54) is 6.07 Å². The molecule has 114 valence electrons. The zero-order valence-corrected chi connectivity index (χ0v) is 12.5. The summed E-state index contributed by atoms with van der Waals surface area (Å²) in [6.07, 6.45) is -4.51. The highest BCUT2D eigenvalue weighted by atomic mass is 79.9. The van der Waals surface area contributed by atoms with E-state index in [1.54, 1.807) is 0 Å². The number of alkyl halides is 3. The lowest BCUT2D eigenvalue weighted by atomic mass is 10.3. The normalized spacial score (nSPS) is 12.0. The van der Waals surface area contributed by atoms with Crippen LogP contribution in [0.2, 0.25) is 0 Å². The number of carbonyl (C=O) groups is 1. The van der Waals surface area contributed by atoms with E-state index in [2.05, 4.69) is 20.9 Å². The SMILES string of the molecule is O=C(O)CSc1nc2cc(F)c(Br)cc2n1CC(F)(F)F. The fourth-order valence-electron chi connectivity index (χ4n) is 1.67. The fourth-order valence-corrected chi connectivity index (χ4v) is 2.73. The molecule has 1 aromatic carbocycles. The molecule has 0 radical (unpaired) electrons. The highest BCUT2D eigenvalue weighted by molar-refractivity contribution is 9.10. The number of hydrogen-bond acceptors (Lipinski definition) is 3. The number of hydrogen-bond donors (Lipinski definition) is 1. The number of thioether (sulfide) groups is 1. The van der Waals surface area contributed by atoms with Crippen molar-refractivity contribution in [3.8, 4) is 0 Å². The largest absolute Gasteiger partial charge is 0.481 e. The van der Waals surface area contributed by atoms with Gasteiger partial charge in [-0.15, -0.1) is 0 Å². The predicted octanol–water partition coefficient (Wildman–Crippen LogP) is 3.68. The summed E-state index contributed by atoms with van der Waals surface area (Å²) < 4.78 is 52.2. The van der Waals surface area contributed by atoms with Crippen LogP contribution in [0.1, 0.15) is 0 Å². The molecule has 0 atom stereocenters. The second-order valence-corrected chi connectivity index (χ2v) is 5.83. The Hall–Kier alpha value is -1.29. The maximum atomic E-state index is 13.4. The van der Waals surface area contributed by atoms with Gasteiger partial charge < -0.3 is 9.67 Å². The Morgan fingerprint density at radius 2 is 2.10 bits per heavy atom. The second-order valence-electron chi connectivity index (χ2n) is 4.03. The van der Waals surface area contributed by atoms with Crippen LogP contribution in [0, 0.1) is 5.82 Å². The van der Waals surface area contributed by atoms with Crippen molar-refractivity contribution in [3.05, 3.63) is 22.4 Å². The van der Waals surface area contributed by atoms with Crippen LogP contribution >= 0.6 is 27.7 Å². The lowest BCUT2D eigenvalue weighted by Gasteiger charge is -2.11. The molecule has 0 aliphatic rings. The number of aromatic nitrogens is 2. The summed E-state index contributed by atoms with van der Waals surface area (Å²) in [5.74, 6) is -2.28. The molecule has 0 aliphatic heterocycles. The first-order valence-corrected chi connectivity index (χ1v) is 7.22. The zero-order valence-electron chi connectivity index (χ0n) is 10.1. The van der Waals surface area contributed by atoms with Crippen molar-refractivity contribution in [2.45, 2.75) is 17.9 Å². The van der Waals surface area contributed by atoms with E-state index < -0.39 is 30.3 Å². The number of fused-ring (bicyclic) bond motifs is 1. The molecule has 0 saturated carbocycles. The number of benzene rings is 1. The molecule has 0 bridgehead atoms. The monoisotopic (exact) mass is 386 g/mol. The summed E-state index contributed by atoms with van der Waals surface area (Å²) in [7, 11) is 0. The van der Waals surface area contributed by atoms with Gasteiger partial charge in [-0.25, -0.2) is 9.37 Å². The first kappa shape index (κ1) is 16.1. The number of nitrogens with zero attached hydrogens (tertiary/aromatic N) is 2. The molecule has 0 spiro atoms. The zero-order chi connectivity index (χ0) is 15.8. The molecule has 0 aliphatic carbocycles. The molecule has 2 aromatic rings. The average Bonchev–Trinajstić information content (AvgIpc) is 2.63. The lowest BCUT2D eigenvalue weighted by molar-refractivity contribution is -0.141. The van der Waals surface area contributed by atoms with Gasteiger partial charge in [0.1, 0.15) is 12.4 Å². The van der Waals surface area contributed by atoms with Gasteiger partial charge in [0, 0.05) is 6.07 Å². The summed E-state index contributed by atoms with van der Waals surface area (Å²) in [4.78, 5) is 14.4. The number of aliphatic carboxylic acids is 1. The number of carboxylic acid groups (broad SMARTS) is 1. The van der Waals surface area contributed by atoms with Gasteiger partial charge in [-0.2, -0.15) is 13.2 Å². The van der Waals surface area contributed by atoms with E-state index in [4.69, 9.17) is 5.11 Å². The van der Waals surface area contributed by atoms with Crippen LogP contribution in [0.5, 0.6) is 0 Å². The molecule has 1 heterocycles. The summed E-state index contributed by atoms with van der Waals surface area (Å²) in [5.41, 5.74) is 0.112. The third kappa shape index (κ3) is 3.88. The van der Waals surface area contributed by atoms with E-state index in [0.717, 1.165) is 10.6 Å². The van der Waals surface area contributed by atoms with Crippen LogP contribution in [0.25, 0.3) is 11.0 Å². The molecule has 0 unspecified atom stereocenters. The number of halogens is 5. The Balaban J connectivity index is 2.54. The van der Waals surface area contributed by atoms with Gasteiger partial charge in [-0.3, -0.25) is 4.79 Å². The predicted molar refractivity (Wildman–Crippen MR) is 71.8 cm³/mol. The van der Waals surface area contributed by atoms with Crippen LogP contribution in [0.15, 0.2) is 21.8 Å². The van der Waals surface area contributed by atoms with Gasteiger partial charge in [-0.1, -0.05) is 11.8 Å². The fraction of sp³-hybridized carbons (Fsp3) is 0.273. The number of rotatable bonds is 4. The maximum Gasteiger partial charge on any atom is 0.406 e. The molecular weight excluding hydrogens is 380 g/mol. The van der Waals surface area contributed by atoms with E-state index in [0.29, 0.717) is 11.8 Å². The Labute approximate surface area is 128 Å². The molecule has 1 N–H and O–H groups in total. The average molecular weight is 387 g/mol. The maximum absolute atomic E-state index is 13.4. The number of carboxylic acids is 1. The third-order valence-electron chi connectivity index (χ3n) is 2.42. The van der Waals surface area contributed by atoms with Crippen LogP contribution < -0.4 is 0 Å². The molecule has 10 heteroatoms. The van der Waals surface area contributed by atoms with Crippen LogP contribution in [0.4, 0.5) is 17.6 Å². The summed E-state index contributed by atoms with van der Waals surface area (Å²) >= 11 is 3.55. The smallest absolute Gasteiger partial charge is 0.406 e. The summed E-state index contributed by atoms with van der Waals surface area (Å²) in [6.45, 7) is -1.33. The first-order chi connectivity index (χ1) is 9.67. The minimum atomic E-state index is -4.51. The molecular formula is C11H7BrF4N2O2S. The van der Waals surface area contributed by atoms with E-state index in [9.17, 15) is 22.4 Å². The van der Waals surface area contributed by atoms with Gasteiger partial charge >= 0.3 is 12.1 Å². The Kier molecular flexibility index (Phi) is 4.47. The molecule has 2 rings (SSSR count). The van der Waals surface area contributed by atoms with E-state index >= 15 is 0 Å². The minimum absolute atomic E-state index is 0.00751. The van der Waals surface area contributed by atoms with Crippen molar-refractivity contribution in [2.75, 3.05) is 5.75 Å². The third-order valence-corrected chi connectivity index (χ3v) is 3.99. The van der Waals surface area contributed by atoms with Crippen molar-refractivity contribution in [2.24, 2.45) is 0 Å². The first-order valence-electron chi connectivity index (χ1n) is 5.44. The Morgan fingerprint density at radius 3 is 2.67 bits per heavy atom. The quantitative estimate of drug-likeness (QED) is 0.643. The van der Waals surface area contributed by atoms with Crippen LogP contribution in [-0.2, 0) is 11.3 Å². The Morgan fingerprint density at radius 1 is 1.43 bits per heavy atom. The molecule has 4 nitrogen and oxygen atoms in total. The van der Waals surface area contributed by atoms with Crippen molar-refractivity contribution in [1.29, 1.82) is 0 Å². The molecule has 0 amide bonds. The van der Waals surface area contributed by atoms with Crippen LogP contribution in [-0.4, -0.2) is 32.6 Å². The second kappa shape index (κ2) is 5.84. The standard InChI is InChI=1S/C11H7BrF4N2O2S/c12-5-1-8-7(2-6(5)13)17-10(21-3-9(19)20)18(8)4-11(14,15)16/h1-2H,3-4H2,(H,19,20). The Bertz CT molecular complexity index is 702. The van der Waals surface area contributed by atoms with E-state index in [-0.39, 0.29) is 20.7 Å². The van der Waals surface area contributed by atoms with Gasteiger partial charge in [0.25, 0.3) is 0 Å². The highest BCUT2D eigenvalue weighted by Gasteiger charge is 2.30. The van der Waals surface area contributed by atoms with Gasteiger partial charge in [0.15, 0.2) is 5.16 Å². The molecule has 21 heavy (non-hydrogen) atoms. The molecule has 0 saturated heterocycles. The summed E-state index contributed by atoms with van der Waals surface area (Å²) in [6, 6.07) is 2.19. The highest BCUT2D eigenvalue weighted by Crippen LogP contribution is 2.31. The van der Waals surface area contributed by atoms with E-state index in [1.807, 2.05) is 0 Å². The minimum Gasteiger partial charge on any atom is -0.481 e. The van der Waals surface area contributed by atoms with Crippen molar-refractivity contribution in [3.63, 3.8) is 0 Å². The van der Waals surface area contributed by atoms with Crippen LogP contribution in [0.3, 0.4) is 0 Å². The molecule has 0 fully saturated rings. The van der Waals surface area contributed by atoms with Crippen molar-refractivity contribution in [1.82, 2.24) is 9.55 Å². The summed E-state index contributed by atoms with van der Waals surface area (Å²) in [5, 5.41) is 8.49.